The number of amides is 1. The Bertz CT molecular complexity index is 558. The second-order valence-corrected chi connectivity index (χ2v) is 13.6. The molecular weight excluding hydrogens is 534 g/mol. The van der Waals surface area contributed by atoms with Gasteiger partial charge in [0.15, 0.2) is 0 Å². The van der Waals surface area contributed by atoms with E-state index in [9.17, 15) is 20.1 Å². The number of unbranched alkanes of at least 4 members (excludes halogenated alkanes) is 26. The van der Waals surface area contributed by atoms with Crippen molar-refractivity contribution in [2.45, 2.75) is 231 Å². The maximum Gasteiger partial charge on any atom is 0.222 e. The lowest BCUT2D eigenvalue weighted by atomic mass is 10.0. The van der Waals surface area contributed by atoms with Crippen LogP contribution in [-0.4, -0.2) is 46.1 Å². The third-order valence-corrected chi connectivity index (χ3v) is 9.17. The maximum atomic E-state index is 12.4. The highest BCUT2D eigenvalue weighted by Crippen LogP contribution is 2.16. The van der Waals surface area contributed by atoms with Crippen LogP contribution in [0.5, 0.6) is 0 Å². The lowest BCUT2D eigenvalue weighted by Crippen LogP contribution is -2.46. The Morgan fingerprint density at radius 1 is 0.488 bits per heavy atom. The summed E-state index contributed by atoms with van der Waals surface area (Å²) >= 11 is 0. The molecule has 0 rings (SSSR count). The fourth-order valence-electron chi connectivity index (χ4n) is 6.17. The van der Waals surface area contributed by atoms with Crippen molar-refractivity contribution < 1.29 is 20.1 Å². The molecule has 3 atom stereocenters. The molecule has 0 bridgehead atoms. The van der Waals surface area contributed by atoms with Crippen LogP contribution in [0.1, 0.15) is 213 Å². The Balaban J connectivity index is 3.61. The maximum absolute atomic E-state index is 12.4. The van der Waals surface area contributed by atoms with Gasteiger partial charge in [-0.25, -0.2) is 0 Å². The van der Waals surface area contributed by atoms with Crippen LogP contribution in [0.4, 0.5) is 0 Å². The summed E-state index contributed by atoms with van der Waals surface area (Å²) < 4.78 is 0. The van der Waals surface area contributed by atoms with Crippen LogP contribution in [0, 0.1) is 0 Å². The molecule has 3 unspecified atom stereocenters. The van der Waals surface area contributed by atoms with Crippen molar-refractivity contribution in [2.24, 2.45) is 0 Å². The van der Waals surface area contributed by atoms with Gasteiger partial charge in [-0.3, -0.25) is 4.79 Å². The predicted molar refractivity (Wildman–Crippen MR) is 186 cm³/mol. The van der Waals surface area contributed by atoms with Crippen LogP contribution >= 0.6 is 0 Å². The number of aliphatic hydroxyl groups excluding tert-OH is 3. The van der Waals surface area contributed by atoms with E-state index >= 15 is 0 Å². The molecule has 0 heterocycles. The summed E-state index contributed by atoms with van der Waals surface area (Å²) in [7, 11) is 0. The zero-order valence-corrected chi connectivity index (χ0v) is 29.1. The van der Waals surface area contributed by atoms with Crippen LogP contribution in [0.3, 0.4) is 0 Å². The first-order chi connectivity index (χ1) is 21.0. The minimum atomic E-state index is -0.741. The fraction of sp³-hybridized carbons (Fsp3) is 0.974. The van der Waals surface area contributed by atoms with E-state index in [2.05, 4.69) is 19.2 Å². The first-order valence-electron chi connectivity index (χ1n) is 19.3. The van der Waals surface area contributed by atoms with Gasteiger partial charge < -0.3 is 20.6 Å². The predicted octanol–water partition coefficient (Wildman–Crippen LogP) is 10.3. The van der Waals surface area contributed by atoms with Crippen molar-refractivity contribution in [2.75, 3.05) is 6.61 Å². The van der Waals surface area contributed by atoms with E-state index in [4.69, 9.17) is 0 Å². The van der Waals surface area contributed by atoms with E-state index in [-0.39, 0.29) is 18.9 Å². The summed E-state index contributed by atoms with van der Waals surface area (Å²) in [6, 6.07) is -0.650. The molecule has 0 aromatic carbocycles. The van der Waals surface area contributed by atoms with Gasteiger partial charge in [-0.05, 0) is 12.8 Å². The fourth-order valence-corrected chi connectivity index (χ4v) is 6.17. The third kappa shape index (κ3) is 31.1. The summed E-state index contributed by atoms with van der Waals surface area (Å²) in [5.41, 5.74) is 0. The first-order valence-corrected chi connectivity index (χ1v) is 19.3. The van der Waals surface area contributed by atoms with Gasteiger partial charge in [-0.1, -0.05) is 194 Å². The van der Waals surface area contributed by atoms with E-state index in [0.717, 1.165) is 25.7 Å². The lowest BCUT2D eigenvalue weighted by molar-refractivity contribution is -0.125. The summed E-state index contributed by atoms with van der Waals surface area (Å²) in [6.45, 7) is 4.25. The Morgan fingerprint density at radius 3 is 1.12 bits per heavy atom. The van der Waals surface area contributed by atoms with Gasteiger partial charge in [0, 0.05) is 0 Å². The number of carbonyl (C=O) groups excluding carboxylic acids is 1. The molecular formula is C38H77NO4. The van der Waals surface area contributed by atoms with Gasteiger partial charge in [-0.2, -0.15) is 0 Å². The van der Waals surface area contributed by atoms with Crippen molar-refractivity contribution in [1.82, 2.24) is 5.32 Å². The highest BCUT2D eigenvalue weighted by molar-refractivity contribution is 5.76. The first kappa shape index (κ1) is 42.3. The van der Waals surface area contributed by atoms with Crippen LogP contribution in [0.25, 0.3) is 0 Å². The normalized spacial score (nSPS) is 13.7. The zero-order valence-electron chi connectivity index (χ0n) is 29.1. The molecule has 0 aliphatic carbocycles. The molecule has 0 fully saturated rings. The molecule has 0 radical (unpaired) electrons. The molecule has 5 nitrogen and oxygen atoms in total. The summed E-state index contributed by atoms with van der Waals surface area (Å²) in [4.78, 5) is 12.4. The number of aliphatic hydroxyl groups is 3. The highest BCUT2D eigenvalue weighted by atomic mass is 16.3. The number of nitrogens with one attached hydrogen (secondary N) is 1. The lowest BCUT2D eigenvalue weighted by Gasteiger charge is -2.23. The van der Waals surface area contributed by atoms with Crippen LogP contribution < -0.4 is 5.32 Å². The average Bonchev–Trinajstić information content (AvgIpc) is 3.00. The molecule has 0 aromatic heterocycles. The van der Waals surface area contributed by atoms with Crippen LogP contribution in [0.2, 0.25) is 0 Å². The van der Waals surface area contributed by atoms with Gasteiger partial charge in [0.1, 0.15) is 0 Å². The molecule has 0 aliphatic heterocycles. The van der Waals surface area contributed by atoms with Gasteiger partial charge in [0.2, 0.25) is 5.91 Å². The van der Waals surface area contributed by atoms with Crippen molar-refractivity contribution in [1.29, 1.82) is 0 Å². The third-order valence-electron chi connectivity index (χ3n) is 9.17. The highest BCUT2D eigenvalue weighted by Gasteiger charge is 2.21. The molecule has 258 valence electrons. The zero-order chi connectivity index (χ0) is 31.6. The smallest absolute Gasteiger partial charge is 0.222 e. The van der Waals surface area contributed by atoms with Gasteiger partial charge in [0.05, 0.1) is 31.3 Å². The van der Waals surface area contributed by atoms with E-state index in [1.54, 1.807) is 0 Å². The van der Waals surface area contributed by atoms with Crippen molar-refractivity contribution in [3.63, 3.8) is 0 Å². The number of hydrogen-bond donors (Lipinski definition) is 4. The minimum absolute atomic E-state index is 0.0422. The van der Waals surface area contributed by atoms with E-state index in [1.165, 1.54) is 154 Å². The van der Waals surface area contributed by atoms with Crippen molar-refractivity contribution in [3.8, 4) is 0 Å². The molecule has 1 amide bonds. The molecule has 0 aliphatic rings. The van der Waals surface area contributed by atoms with Gasteiger partial charge in [-0.15, -0.1) is 0 Å². The molecule has 0 saturated heterocycles. The molecule has 0 spiro atoms. The number of rotatable bonds is 35. The number of carbonyl (C=O) groups is 1. The average molecular weight is 612 g/mol. The topological polar surface area (TPSA) is 89.8 Å². The summed E-state index contributed by atoms with van der Waals surface area (Å²) in [5, 5.41) is 33.2. The monoisotopic (exact) mass is 612 g/mol. The molecule has 0 aromatic rings. The largest absolute Gasteiger partial charge is 0.394 e. The van der Waals surface area contributed by atoms with Crippen LogP contribution in [0.15, 0.2) is 0 Å². The Labute approximate surface area is 268 Å². The SMILES string of the molecule is CCCCCCCCCCCCCCCCCCCC(O)CC(=O)NC(CO)C(O)CCCCCCCCCCCCC. The summed E-state index contributed by atoms with van der Waals surface area (Å²) in [6.07, 6.45) is 36.3. The van der Waals surface area contributed by atoms with Crippen molar-refractivity contribution >= 4 is 5.91 Å². The second kappa shape index (κ2) is 34.2. The van der Waals surface area contributed by atoms with Gasteiger partial charge in [0.25, 0.3) is 0 Å². The van der Waals surface area contributed by atoms with Crippen LogP contribution in [-0.2, 0) is 4.79 Å². The molecule has 43 heavy (non-hydrogen) atoms. The Kier molecular flexibility index (Phi) is 33.7. The molecule has 5 heteroatoms. The quantitative estimate of drug-likeness (QED) is 0.0537. The Morgan fingerprint density at radius 2 is 0.791 bits per heavy atom. The van der Waals surface area contributed by atoms with E-state index in [0.29, 0.717) is 12.8 Å². The van der Waals surface area contributed by atoms with Gasteiger partial charge >= 0.3 is 0 Å². The summed E-state index contributed by atoms with van der Waals surface area (Å²) in [5.74, 6) is -0.281. The minimum Gasteiger partial charge on any atom is -0.394 e. The van der Waals surface area contributed by atoms with E-state index < -0.39 is 18.2 Å². The molecule has 0 saturated carbocycles. The second-order valence-electron chi connectivity index (χ2n) is 13.6. The standard InChI is InChI=1S/C38H77NO4/c1-3-5-7-9-11-13-15-16-17-18-19-20-22-23-25-27-29-31-35(41)33-38(43)39-36(34-40)37(42)32-30-28-26-24-21-14-12-10-8-6-4-2/h35-37,40-42H,3-34H2,1-2H3,(H,39,43). The number of hydrogen-bond acceptors (Lipinski definition) is 4. The van der Waals surface area contributed by atoms with Crippen molar-refractivity contribution in [3.05, 3.63) is 0 Å². The van der Waals surface area contributed by atoms with E-state index in [1.807, 2.05) is 0 Å². The Hall–Kier alpha value is -0.650. The molecule has 4 N–H and O–H groups in total.